The normalized spacial score (nSPS) is 15.8. The molecule has 1 aliphatic rings. The van der Waals surface area contributed by atoms with Crippen molar-refractivity contribution in [1.29, 1.82) is 0 Å². The molecular weight excluding hydrogens is 146 g/mol. The topological polar surface area (TPSA) is 55.2 Å². The van der Waals surface area contributed by atoms with Gasteiger partial charge in [0.25, 0.3) is 11.8 Å². The number of ether oxygens (including phenoxy) is 2. The highest BCUT2D eigenvalue weighted by Gasteiger charge is 2.05. The van der Waals surface area contributed by atoms with Crippen LogP contribution in [0.25, 0.3) is 0 Å². The molecule has 60 valence electrons. The molecule has 11 heavy (non-hydrogen) atoms. The number of hydrogen-bond acceptors (Lipinski definition) is 5. The van der Waals surface area contributed by atoms with Crippen molar-refractivity contribution in [3.05, 3.63) is 11.8 Å². The lowest BCUT2D eigenvalue weighted by Crippen LogP contribution is -2.09. The summed E-state index contributed by atoms with van der Waals surface area (Å²) in [4.78, 5) is 3.89. The Bertz CT molecular complexity index is 220. The van der Waals surface area contributed by atoms with Gasteiger partial charge in [0.05, 0.1) is 26.6 Å². The first-order valence-electron chi connectivity index (χ1n) is 3.02. The molecule has 0 atom stereocenters. The van der Waals surface area contributed by atoms with Gasteiger partial charge in [-0.2, -0.15) is 5.10 Å². The van der Waals surface area contributed by atoms with Crippen molar-refractivity contribution in [2.24, 2.45) is 10.1 Å². The summed E-state index contributed by atoms with van der Waals surface area (Å²) < 4.78 is 9.78. The van der Waals surface area contributed by atoms with E-state index in [2.05, 4.69) is 15.5 Å². The fourth-order valence-corrected chi connectivity index (χ4v) is 0.615. The lowest BCUT2D eigenvalue weighted by Gasteiger charge is -2.05. The van der Waals surface area contributed by atoms with Crippen LogP contribution in [0.1, 0.15) is 0 Å². The number of hydrogen-bond donors (Lipinski definition) is 1. The monoisotopic (exact) mass is 155 g/mol. The Morgan fingerprint density at radius 3 is 2.73 bits per heavy atom. The smallest absolute Gasteiger partial charge is 0.277 e. The fraction of sp³-hybridized carbons (Fsp3) is 0.333. The molecule has 1 heterocycles. The molecule has 0 amide bonds. The van der Waals surface area contributed by atoms with Crippen LogP contribution in [0.5, 0.6) is 0 Å². The van der Waals surface area contributed by atoms with Crippen molar-refractivity contribution < 1.29 is 9.47 Å². The van der Waals surface area contributed by atoms with Crippen LogP contribution < -0.4 is 5.43 Å². The van der Waals surface area contributed by atoms with Crippen molar-refractivity contribution in [3.8, 4) is 0 Å². The SMILES string of the molecule is COC1=C(OC)NN=CC=N1. The first-order valence-corrected chi connectivity index (χ1v) is 3.02. The Kier molecular flexibility index (Phi) is 2.48. The van der Waals surface area contributed by atoms with Crippen LogP contribution in [0, 0.1) is 0 Å². The summed E-state index contributed by atoms with van der Waals surface area (Å²) in [5.41, 5.74) is 2.61. The van der Waals surface area contributed by atoms with Gasteiger partial charge in [0.1, 0.15) is 0 Å². The van der Waals surface area contributed by atoms with Gasteiger partial charge in [-0.25, -0.2) is 10.4 Å². The summed E-state index contributed by atoms with van der Waals surface area (Å²) in [6, 6.07) is 0. The van der Waals surface area contributed by atoms with Gasteiger partial charge in [0.15, 0.2) is 0 Å². The molecule has 0 unspecified atom stereocenters. The Hall–Kier alpha value is -1.52. The Labute approximate surface area is 64.4 Å². The average molecular weight is 155 g/mol. The molecule has 0 aromatic heterocycles. The summed E-state index contributed by atoms with van der Waals surface area (Å²) in [6.07, 6.45) is 3.02. The van der Waals surface area contributed by atoms with E-state index in [-0.39, 0.29) is 0 Å². The molecule has 1 aliphatic heterocycles. The van der Waals surface area contributed by atoms with E-state index >= 15 is 0 Å². The standard InChI is InChI=1S/C6H9N3O2/c1-10-5-6(11-2)9-8-4-3-7-5/h3-4,9H,1-2H3. The summed E-state index contributed by atoms with van der Waals surface area (Å²) in [6.45, 7) is 0. The van der Waals surface area contributed by atoms with Crippen LogP contribution in [-0.2, 0) is 9.47 Å². The zero-order chi connectivity index (χ0) is 8.10. The van der Waals surface area contributed by atoms with Gasteiger partial charge in [-0.15, -0.1) is 0 Å². The number of hydrazone groups is 1. The fourth-order valence-electron chi connectivity index (χ4n) is 0.615. The highest BCUT2D eigenvalue weighted by molar-refractivity contribution is 6.16. The maximum absolute atomic E-state index is 4.89. The highest BCUT2D eigenvalue weighted by Crippen LogP contribution is 2.05. The third-order valence-corrected chi connectivity index (χ3v) is 1.09. The third-order valence-electron chi connectivity index (χ3n) is 1.09. The zero-order valence-corrected chi connectivity index (χ0v) is 6.37. The molecule has 0 aromatic rings. The van der Waals surface area contributed by atoms with Crippen molar-refractivity contribution in [2.75, 3.05) is 14.2 Å². The van der Waals surface area contributed by atoms with E-state index in [1.54, 1.807) is 0 Å². The van der Waals surface area contributed by atoms with Crippen molar-refractivity contribution in [3.63, 3.8) is 0 Å². The molecule has 0 bridgehead atoms. The van der Waals surface area contributed by atoms with Crippen molar-refractivity contribution in [1.82, 2.24) is 5.43 Å². The maximum Gasteiger partial charge on any atom is 0.277 e. The third kappa shape index (κ3) is 1.70. The van der Waals surface area contributed by atoms with Crippen LogP contribution in [0.2, 0.25) is 0 Å². The lowest BCUT2D eigenvalue weighted by atomic mass is 10.7. The molecule has 1 rings (SSSR count). The van der Waals surface area contributed by atoms with E-state index in [9.17, 15) is 0 Å². The first-order chi connectivity index (χ1) is 5.38. The minimum absolute atomic E-state index is 0.380. The minimum atomic E-state index is 0.380. The van der Waals surface area contributed by atoms with E-state index in [1.165, 1.54) is 26.6 Å². The van der Waals surface area contributed by atoms with Gasteiger partial charge in [-0.3, -0.25) is 0 Å². The molecule has 0 fully saturated rings. The maximum atomic E-state index is 4.89. The lowest BCUT2D eigenvalue weighted by molar-refractivity contribution is 0.202. The van der Waals surface area contributed by atoms with Crippen LogP contribution in [0.15, 0.2) is 21.9 Å². The van der Waals surface area contributed by atoms with Crippen LogP contribution in [-0.4, -0.2) is 26.6 Å². The quantitative estimate of drug-likeness (QED) is 0.613. The van der Waals surface area contributed by atoms with Gasteiger partial charge < -0.3 is 9.47 Å². The predicted octanol–water partition coefficient (Wildman–Crippen LogP) is 0.0656. The van der Waals surface area contributed by atoms with E-state index < -0.39 is 0 Å². The first kappa shape index (κ1) is 7.59. The van der Waals surface area contributed by atoms with E-state index in [4.69, 9.17) is 9.47 Å². The second-order valence-corrected chi connectivity index (χ2v) is 1.71. The molecule has 5 nitrogen and oxygen atoms in total. The Balaban J connectivity index is 2.85. The predicted molar refractivity (Wildman–Crippen MR) is 41.2 cm³/mol. The molecule has 1 N–H and O–H groups in total. The minimum Gasteiger partial charge on any atom is -0.478 e. The summed E-state index contributed by atoms with van der Waals surface area (Å²) in [5.74, 6) is 0.780. The molecule has 0 aliphatic carbocycles. The number of nitrogens with zero attached hydrogens (tertiary/aromatic N) is 2. The second-order valence-electron chi connectivity index (χ2n) is 1.71. The summed E-state index contributed by atoms with van der Waals surface area (Å²) >= 11 is 0. The van der Waals surface area contributed by atoms with Gasteiger partial charge in [-0.05, 0) is 0 Å². The van der Waals surface area contributed by atoms with Gasteiger partial charge in [-0.1, -0.05) is 0 Å². The number of rotatable bonds is 2. The average Bonchev–Trinajstić information content (AvgIpc) is 2.27. The molecule has 0 saturated carbocycles. The van der Waals surface area contributed by atoms with Crippen LogP contribution in [0.3, 0.4) is 0 Å². The summed E-state index contributed by atoms with van der Waals surface area (Å²) in [7, 11) is 3.02. The summed E-state index contributed by atoms with van der Waals surface area (Å²) in [5, 5.41) is 3.73. The molecule has 0 radical (unpaired) electrons. The second kappa shape index (κ2) is 3.60. The van der Waals surface area contributed by atoms with E-state index in [0.717, 1.165) is 0 Å². The van der Waals surface area contributed by atoms with Crippen LogP contribution >= 0.6 is 0 Å². The Morgan fingerprint density at radius 1 is 1.27 bits per heavy atom. The molecule has 0 spiro atoms. The largest absolute Gasteiger partial charge is 0.478 e. The number of nitrogens with one attached hydrogen (secondary N) is 1. The zero-order valence-electron chi connectivity index (χ0n) is 6.37. The number of aliphatic imine (C=N–C) groups is 1. The van der Waals surface area contributed by atoms with Gasteiger partial charge >= 0.3 is 0 Å². The number of methoxy groups -OCH3 is 2. The van der Waals surface area contributed by atoms with Crippen molar-refractivity contribution >= 4 is 12.4 Å². The molecule has 5 heteroatoms. The van der Waals surface area contributed by atoms with Gasteiger partial charge in [0.2, 0.25) is 0 Å². The van der Waals surface area contributed by atoms with E-state index in [0.29, 0.717) is 11.8 Å². The van der Waals surface area contributed by atoms with Crippen molar-refractivity contribution in [2.45, 2.75) is 0 Å². The Morgan fingerprint density at radius 2 is 2.09 bits per heavy atom. The molecular formula is C6H9N3O2. The van der Waals surface area contributed by atoms with E-state index in [1.807, 2.05) is 0 Å². The van der Waals surface area contributed by atoms with Crippen LogP contribution in [0.4, 0.5) is 0 Å². The molecule has 0 saturated heterocycles. The highest BCUT2D eigenvalue weighted by atomic mass is 16.5. The molecule has 0 aromatic carbocycles. The van der Waals surface area contributed by atoms with Gasteiger partial charge in [0, 0.05) is 0 Å².